The maximum Gasteiger partial charge on any atom is 0.256 e. The van der Waals surface area contributed by atoms with Gasteiger partial charge in [-0.3, -0.25) is 9.59 Å². The summed E-state index contributed by atoms with van der Waals surface area (Å²) in [4.78, 5) is 26.5. The molecule has 21 heavy (non-hydrogen) atoms. The number of hydrogen-bond acceptors (Lipinski definition) is 3. The van der Waals surface area contributed by atoms with Gasteiger partial charge in [0.1, 0.15) is 6.04 Å². The van der Waals surface area contributed by atoms with Crippen molar-refractivity contribution in [2.75, 3.05) is 18.5 Å². The maximum atomic E-state index is 12.6. The molecule has 110 valence electrons. The van der Waals surface area contributed by atoms with Gasteiger partial charge < -0.3 is 15.0 Å². The minimum Gasteiger partial charge on any atom is -0.372 e. The largest absolute Gasteiger partial charge is 0.372 e. The number of nitrogens with zero attached hydrogens (tertiary/aromatic N) is 1. The zero-order valence-electron chi connectivity index (χ0n) is 11.3. The molecule has 0 saturated carbocycles. The predicted octanol–water partition coefficient (Wildman–Crippen LogP) is 2.08. The molecule has 1 aromatic rings. The van der Waals surface area contributed by atoms with Crippen molar-refractivity contribution in [2.45, 2.75) is 18.6 Å². The van der Waals surface area contributed by atoms with Crippen LogP contribution in [0.25, 0.3) is 0 Å². The third-order valence-corrected chi connectivity index (χ3v) is 3.98. The number of carbonyl (C=O) groups excluding carboxylic acids is 2. The molecule has 1 saturated heterocycles. The second kappa shape index (κ2) is 5.50. The zero-order valence-corrected chi connectivity index (χ0v) is 12.1. The molecular formula is C15H15ClN2O3. The van der Waals surface area contributed by atoms with Crippen LogP contribution in [0.2, 0.25) is 5.02 Å². The summed E-state index contributed by atoms with van der Waals surface area (Å²) in [6, 6.07) is 4.38. The van der Waals surface area contributed by atoms with Gasteiger partial charge in [-0.1, -0.05) is 17.7 Å². The summed E-state index contributed by atoms with van der Waals surface area (Å²) >= 11 is 5.92. The maximum absolute atomic E-state index is 12.6. The molecule has 2 atom stereocenters. The molecule has 0 spiro atoms. The van der Waals surface area contributed by atoms with Crippen LogP contribution in [0.1, 0.15) is 16.8 Å². The van der Waals surface area contributed by atoms with Crippen LogP contribution < -0.4 is 5.32 Å². The van der Waals surface area contributed by atoms with Crippen LogP contribution in [0.5, 0.6) is 0 Å². The van der Waals surface area contributed by atoms with Crippen molar-refractivity contribution >= 4 is 29.1 Å². The normalized spacial score (nSPS) is 24.1. The fourth-order valence-electron chi connectivity index (χ4n) is 2.77. The lowest BCUT2D eigenvalue weighted by Gasteiger charge is -2.19. The smallest absolute Gasteiger partial charge is 0.256 e. The molecule has 0 bridgehead atoms. The van der Waals surface area contributed by atoms with Crippen LogP contribution in [0.4, 0.5) is 5.69 Å². The van der Waals surface area contributed by atoms with Crippen molar-refractivity contribution in [2.24, 2.45) is 0 Å². The Morgan fingerprint density at radius 1 is 1.48 bits per heavy atom. The van der Waals surface area contributed by atoms with E-state index in [2.05, 4.69) is 11.9 Å². The number of benzene rings is 1. The Kier molecular flexibility index (Phi) is 3.69. The number of amides is 2. The summed E-state index contributed by atoms with van der Waals surface area (Å²) in [5.74, 6) is -0.371. The number of rotatable bonds is 3. The van der Waals surface area contributed by atoms with E-state index in [-0.39, 0.29) is 17.9 Å². The monoisotopic (exact) mass is 306 g/mol. The molecule has 0 aliphatic carbocycles. The van der Waals surface area contributed by atoms with E-state index in [0.29, 0.717) is 35.8 Å². The number of halogens is 1. The van der Waals surface area contributed by atoms with Crippen LogP contribution in [0.15, 0.2) is 30.9 Å². The molecule has 5 nitrogen and oxygen atoms in total. The van der Waals surface area contributed by atoms with Crippen LogP contribution in [0, 0.1) is 0 Å². The van der Waals surface area contributed by atoms with Gasteiger partial charge in [0, 0.05) is 18.0 Å². The third-order valence-electron chi connectivity index (χ3n) is 3.75. The van der Waals surface area contributed by atoms with E-state index in [1.165, 1.54) is 0 Å². The number of fused-ring (bicyclic) bond motifs is 2. The first-order valence-corrected chi connectivity index (χ1v) is 7.12. The average Bonchev–Trinajstić information content (AvgIpc) is 2.85. The Morgan fingerprint density at radius 3 is 3.05 bits per heavy atom. The number of ether oxygens (including phenoxy) is 1. The van der Waals surface area contributed by atoms with E-state index in [1.807, 2.05) is 0 Å². The summed E-state index contributed by atoms with van der Waals surface area (Å²) in [7, 11) is 0. The molecule has 6 heteroatoms. The highest BCUT2D eigenvalue weighted by atomic mass is 35.5. The Hall–Kier alpha value is -1.85. The van der Waals surface area contributed by atoms with Gasteiger partial charge in [-0.05, 0) is 18.2 Å². The van der Waals surface area contributed by atoms with Crippen molar-refractivity contribution in [3.8, 4) is 0 Å². The topological polar surface area (TPSA) is 58.6 Å². The lowest BCUT2D eigenvalue weighted by atomic mass is 10.1. The molecule has 2 amide bonds. The first-order chi connectivity index (χ1) is 10.1. The average molecular weight is 307 g/mol. The van der Waals surface area contributed by atoms with Gasteiger partial charge in [0.15, 0.2) is 0 Å². The molecule has 0 unspecified atom stereocenters. The van der Waals surface area contributed by atoms with Crippen LogP contribution >= 0.6 is 11.6 Å². The van der Waals surface area contributed by atoms with Crippen molar-refractivity contribution in [1.82, 2.24) is 4.90 Å². The van der Waals surface area contributed by atoms with Gasteiger partial charge >= 0.3 is 0 Å². The molecule has 2 aliphatic heterocycles. The van der Waals surface area contributed by atoms with Gasteiger partial charge in [-0.15, -0.1) is 6.58 Å². The zero-order chi connectivity index (χ0) is 15.0. The molecule has 1 N–H and O–H groups in total. The number of nitrogens with one attached hydrogen (secondary N) is 1. The minimum absolute atomic E-state index is 0.142. The summed E-state index contributed by atoms with van der Waals surface area (Å²) in [5, 5.41) is 3.26. The fraction of sp³-hybridized carbons (Fsp3) is 0.333. The van der Waals surface area contributed by atoms with Crippen molar-refractivity contribution in [3.05, 3.63) is 41.4 Å². The van der Waals surface area contributed by atoms with E-state index in [9.17, 15) is 9.59 Å². The molecule has 1 aromatic carbocycles. The summed E-state index contributed by atoms with van der Waals surface area (Å²) in [6.07, 6.45) is 2.01. The molecule has 2 heterocycles. The minimum atomic E-state index is -0.501. The van der Waals surface area contributed by atoms with Crippen LogP contribution in [-0.2, 0) is 9.53 Å². The van der Waals surface area contributed by atoms with Crippen LogP contribution in [-0.4, -0.2) is 42.0 Å². The summed E-state index contributed by atoms with van der Waals surface area (Å²) in [5.41, 5.74) is 0.926. The van der Waals surface area contributed by atoms with E-state index in [1.54, 1.807) is 29.2 Å². The molecule has 0 radical (unpaired) electrons. The molecule has 1 fully saturated rings. The first-order valence-electron chi connectivity index (χ1n) is 6.74. The molecular weight excluding hydrogens is 292 g/mol. The highest BCUT2D eigenvalue weighted by molar-refractivity contribution is 6.31. The fourth-order valence-corrected chi connectivity index (χ4v) is 2.94. The van der Waals surface area contributed by atoms with Gasteiger partial charge in [-0.25, -0.2) is 0 Å². The SMILES string of the molecule is C=CCO[C@H]1C[C@@H]2C(=O)Nc3cc(Cl)ccc3C(=O)N2C1. The lowest BCUT2D eigenvalue weighted by molar-refractivity contribution is -0.119. The summed E-state index contributed by atoms with van der Waals surface area (Å²) in [6.45, 7) is 4.42. The summed E-state index contributed by atoms with van der Waals surface area (Å²) < 4.78 is 5.58. The second-order valence-corrected chi connectivity index (χ2v) is 5.57. The number of hydrogen-bond donors (Lipinski definition) is 1. The Bertz CT molecular complexity index is 617. The van der Waals surface area contributed by atoms with Gasteiger partial charge in [0.2, 0.25) is 5.91 Å². The second-order valence-electron chi connectivity index (χ2n) is 5.13. The van der Waals surface area contributed by atoms with Gasteiger partial charge in [-0.2, -0.15) is 0 Å². The van der Waals surface area contributed by atoms with E-state index >= 15 is 0 Å². The highest BCUT2D eigenvalue weighted by Crippen LogP contribution is 2.31. The predicted molar refractivity (Wildman–Crippen MR) is 79.5 cm³/mol. The van der Waals surface area contributed by atoms with Crippen molar-refractivity contribution < 1.29 is 14.3 Å². The Morgan fingerprint density at radius 2 is 2.29 bits per heavy atom. The molecule has 2 aliphatic rings. The standard InChI is InChI=1S/C15H15ClN2O3/c1-2-5-21-10-7-13-14(19)17-12-6-9(16)3-4-11(12)15(20)18(13)8-10/h2-4,6,10,13H,1,5,7-8H2,(H,17,19)/t10-,13+/m0/s1. The van der Waals surface area contributed by atoms with Gasteiger partial charge in [0.25, 0.3) is 5.91 Å². The quantitative estimate of drug-likeness (QED) is 0.870. The van der Waals surface area contributed by atoms with E-state index in [4.69, 9.17) is 16.3 Å². The highest BCUT2D eigenvalue weighted by Gasteiger charge is 2.43. The van der Waals surface area contributed by atoms with E-state index in [0.717, 1.165) is 0 Å². The number of carbonyl (C=O) groups is 2. The van der Waals surface area contributed by atoms with Crippen molar-refractivity contribution in [1.29, 1.82) is 0 Å². The third kappa shape index (κ3) is 2.54. The lowest BCUT2D eigenvalue weighted by Crippen LogP contribution is -2.40. The number of anilines is 1. The van der Waals surface area contributed by atoms with E-state index < -0.39 is 6.04 Å². The van der Waals surface area contributed by atoms with Crippen LogP contribution in [0.3, 0.4) is 0 Å². The first kappa shape index (κ1) is 14.1. The van der Waals surface area contributed by atoms with Crippen molar-refractivity contribution in [3.63, 3.8) is 0 Å². The Balaban J connectivity index is 1.90. The molecule has 0 aromatic heterocycles. The molecule has 3 rings (SSSR count). The van der Waals surface area contributed by atoms with Gasteiger partial charge in [0.05, 0.1) is 24.0 Å². The Labute approximate surface area is 127 Å².